The molecule has 24 heavy (non-hydrogen) atoms. The number of amides is 2. The van der Waals surface area contributed by atoms with Gasteiger partial charge in [-0.15, -0.1) is 11.3 Å². The highest BCUT2D eigenvalue weighted by Gasteiger charge is 2.32. The van der Waals surface area contributed by atoms with Crippen LogP contribution in [0.2, 0.25) is 0 Å². The molecule has 2 aromatic heterocycles. The minimum Gasteiger partial charge on any atom is -0.351 e. The average molecular weight is 346 g/mol. The fourth-order valence-corrected chi connectivity index (χ4v) is 3.83. The second kappa shape index (κ2) is 7.17. The van der Waals surface area contributed by atoms with E-state index in [1.807, 2.05) is 42.1 Å². The van der Waals surface area contributed by atoms with Crippen molar-refractivity contribution in [2.24, 2.45) is 5.92 Å². The van der Waals surface area contributed by atoms with Crippen LogP contribution < -0.4 is 10.6 Å². The number of aromatic nitrogens is 2. The van der Waals surface area contributed by atoms with Crippen LogP contribution in [0.5, 0.6) is 0 Å². The molecule has 3 atom stereocenters. The normalized spacial score (nSPS) is 22.0. The van der Waals surface area contributed by atoms with Crippen molar-refractivity contribution in [3.05, 3.63) is 40.6 Å². The van der Waals surface area contributed by atoms with Gasteiger partial charge in [0.2, 0.25) is 11.8 Å². The van der Waals surface area contributed by atoms with Crippen LogP contribution in [-0.2, 0) is 16.1 Å². The molecule has 1 fully saturated rings. The highest BCUT2D eigenvalue weighted by atomic mass is 32.1. The molecule has 3 rings (SSSR count). The number of hydrogen-bond donors (Lipinski definition) is 2. The molecule has 0 radical (unpaired) electrons. The first-order valence-corrected chi connectivity index (χ1v) is 9.03. The molecule has 6 nitrogen and oxygen atoms in total. The number of carbonyl (C=O) groups is 2. The summed E-state index contributed by atoms with van der Waals surface area (Å²) in [7, 11) is 0. The third-order valence-electron chi connectivity index (χ3n) is 4.42. The standard InChI is InChI=1S/C17H22N4O2S/c1-11(10-21-8-7-18-12(21)2)17(23)19-13-5-6-15(22)20-16(13)14-4-3-9-24-14/h3-4,7-9,11,13,16H,5-6,10H2,1-2H3,(H,19,23)(H,20,22)/t11?,13-,16-/m1/s1. The minimum atomic E-state index is -0.167. The van der Waals surface area contributed by atoms with E-state index in [4.69, 9.17) is 0 Å². The molecule has 2 aromatic rings. The lowest BCUT2D eigenvalue weighted by Crippen LogP contribution is -2.51. The number of aryl methyl sites for hydroxylation is 1. The number of hydrogen-bond acceptors (Lipinski definition) is 4. The maximum atomic E-state index is 12.6. The Kier molecular flexibility index (Phi) is 4.99. The van der Waals surface area contributed by atoms with Crippen molar-refractivity contribution in [3.8, 4) is 0 Å². The van der Waals surface area contributed by atoms with Crippen LogP contribution >= 0.6 is 11.3 Å². The van der Waals surface area contributed by atoms with Crippen LogP contribution in [0.1, 0.15) is 36.5 Å². The first kappa shape index (κ1) is 16.7. The average Bonchev–Trinajstić information content (AvgIpc) is 3.21. The van der Waals surface area contributed by atoms with Gasteiger partial charge in [-0.05, 0) is 24.8 Å². The molecular weight excluding hydrogens is 324 g/mol. The van der Waals surface area contributed by atoms with Gasteiger partial charge in [-0.25, -0.2) is 4.98 Å². The van der Waals surface area contributed by atoms with Gasteiger partial charge in [0.1, 0.15) is 5.82 Å². The Bertz CT molecular complexity index is 710. The highest BCUT2D eigenvalue weighted by Crippen LogP contribution is 2.27. The van der Waals surface area contributed by atoms with E-state index in [0.29, 0.717) is 19.4 Å². The van der Waals surface area contributed by atoms with E-state index < -0.39 is 0 Å². The monoisotopic (exact) mass is 346 g/mol. The van der Waals surface area contributed by atoms with Crippen LogP contribution in [0.15, 0.2) is 29.9 Å². The second-order valence-corrected chi connectivity index (χ2v) is 7.22. The van der Waals surface area contributed by atoms with Crippen molar-refractivity contribution in [1.29, 1.82) is 0 Å². The summed E-state index contributed by atoms with van der Waals surface area (Å²) in [6.07, 6.45) is 4.73. The number of piperidine rings is 1. The zero-order valence-corrected chi connectivity index (χ0v) is 14.7. The van der Waals surface area contributed by atoms with Gasteiger partial charge < -0.3 is 15.2 Å². The Hall–Kier alpha value is -2.15. The summed E-state index contributed by atoms with van der Waals surface area (Å²) in [6, 6.07) is 3.75. The molecule has 1 saturated heterocycles. The first-order chi connectivity index (χ1) is 11.5. The van der Waals surface area contributed by atoms with E-state index in [1.54, 1.807) is 17.5 Å². The summed E-state index contributed by atoms with van der Waals surface area (Å²) in [4.78, 5) is 29.6. The van der Waals surface area contributed by atoms with Crippen molar-refractivity contribution in [3.63, 3.8) is 0 Å². The van der Waals surface area contributed by atoms with E-state index in [0.717, 1.165) is 10.7 Å². The molecule has 0 aromatic carbocycles. The van der Waals surface area contributed by atoms with Gasteiger partial charge in [0.15, 0.2) is 0 Å². The van der Waals surface area contributed by atoms with Crippen molar-refractivity contribution in [2.75, 3.05) is 0 Å². The van der Waals surface area contributed by atoms with Gasteiger partial charge in [0.05, 0.1) is 18.0 Å². The highest BCUT2D eigenvalue weighted by molar-refractivity contribution is 7.10. The molecule has 1 unspecified atom stereocenters. The molecular formula is C17H22N4O2S. The number of nitrogens with zero attached hydrogens (tertiary/aromatic N) is 2. The Labute approximate surface area is 145 Å². The lowest BCUT2D eigenvalue weighted by atomic mass is 9.96. The van der Waals surface area contributed by atoms with Crippen LogP contribution in [0, 0.1) is 12.8 Å². The molecule has 0 saturated carbocycles. The summed E-state index contributed by atoms with van der Waals surface area (Å²) in [5, 5.41) is 8.12. The van der Waals surface area contributed by atoms with Gasteiger partial charge in [-0.2, -0.15) is 0 Å². The Morgan fingerprint density at radius 2 is 2.42 bits per heavy atom. The lowest BCUT2D eigenvalue weighted by Gasteiger charge is -2.33. The number of nitrogens with one attached hydrogen (secondary N) is 2. The van der Waals surface area contributed by atoms with Gasteiger partial charge >= 0.3 is 0 Å². The Morgan fingerprint density at radius 1 is 1.58 bits per heavy atom. The largest absolute Gasteiger partial charge is 0.351 e. The van der Waals surface area contributed by atoms with E-state index in [-0.39, 0.29) is 29.8 Å². The quantitative estimate of drug-likeness (QED) is 0.870. The summed E-state index contributed by atoms with van der Waals surface area (Å²) in [5.74, 6) is 0.780. The molecule has 128 valence electrons. The van der Waals surface area contributed by atoms with Crippen molar-refractivity contribution in [1.82, 2.24) is 20.2 Å². The summed E-state index contributed by atoms with van der Waals surface area (Å²) < 4.78 is 1.98. The topological polar surface area (TPSA) is 76.0 Å². The Balaban J connectivity index is 1.65. The van der Waals surface area contributed by atoms with E-state index in [2.05, 4.69) is 15.6 Å². The molecule has 0 spiro atoms. The number of carbonyl (C=O) groups excluding carboxylic acids is 2. The second-order valence-electron chi connectivity index (χ2n) is 6.24. The predicted molar refractivity (Wildman–Crippen MR) is 92.5 cm³/mol. The van der Waals surface area contributed by atoms with Gasteiger partial charge in [0, 0.05) is 30.2 Å². The van der Waals surface area contributed by atoms with E-state index in [1.165, 1.54) is 0 Å². The maximum Gasteiger partial charge on any atom is 0.224 e. The first-order valence-electron chi connectivity index (χ1n) is 8.15. The van der Waals surface area contributed by atoms with Crippen molar-refractivity contribution in [2.45, 2.75) is 45.3 Å². The molecule has 0 aliphatic carbocycles. The van der Waals surface area contributed by atoms with Crippen LogP contribution in [0.4, 0.5) is 0 Å². The predicted octanol–water partition coefficient (Wildman–Crippen LogP) is 2.03. The van der Waals surface area contributed by atoms with E-state index >= 15 is 0 Å². The Morgan fingerprint density at radius 3 is 3.08 bits per heavy atom. The summed E-state index contributed by atoms with van der Waals surface area (Å²) in [6.45, 7) is 4.44. The summed E-state index contributed by atoms with van der Waals surface area (Å²) >= 11 is 1.60. The van der Waals surface area contributed by atoms with Crippen molar-refractivity contribution >= 4 is 23.2 Å². The van der Waals surface area contributed by atoms with Gasteiger partial charge in [-0.1, -0.05) is 13.0 Å². The van der Waals surface area contributed by atoms with Crippen LogP contribution in [0.25, 0.3) is 0 Å². The lowest BCUT2D eigenvalue weighted by molar-refractivity contribution is -0.129. The van der Waals surface area contributed by atoms with Crippen molar-refractivity contribution < 1.29 is 9.59 Å². The van der Waals surface area contributed by atoms with Gasteiger partial charge in [-0.3, -0.25) is 9.59 Å². The molecule has 3 heterocycles. The zero-order valence-electron chi connectivity index (χ0n) is 13.9. The number of rotatable bonds is 5. The number of imidazole rings is 1. The maximum absolute atomic E-state index is 12.6. The molecule has 0 bridgehead atoms. The zero-order chi connectivity index (χ0) is 17.1. The molecule has 2 amide bonds. The SMILES string of the molecule is Cc1nccn1CC(C)C(=O)N[C@@H]1CCC(=O)N[C@H]1c1cccs1. The minimum absolute atomic E-state index is 0.00538. The summed E-state index contributed by atoms with van der Waals surface area (Å²) in [5.41, 5.74) is 0. The van der Waals surface area contributed by atoms with Gasteiger partial charge in [0.25, 0.3) is 0 Å². The fraction of sp³-hybridized carbons (Fsp3) is 0.471. The van der Waals surface area contributed by atoms with E-state index in [9.17, 15) is 9.59 Å². The smallest absolute Gasteiger partial charge is 0.224 e. The third-order valence-corrected chi connectivity index (χ3v) is 5.38. The molecule has 7 heteroatoms. The van der Waals surface area contributed by atoms with Crippen LogP contribution in [-0.4, -0.2) is 27.4 Å². The van der Waals surface area contributed by atoms with Crippen LogP contribution in [0.3, 0.4) is 0 Å². The third kappa shape index (κ3) is 3.67. The number of thiophene rings is 1. The molecule has 2 N–H and O–H groups in total. The fourth-order valence-electron chi connectivity index (χ4n) is 2.99. The molecule has 1 aliphatic rings. The molecule has 1 aliphatic heterocycles.